The summed E-state index contributed by atoms with van der Waals surface area (Å²) >= 11 is 5.17. The molecular formula is C13H15BrN2O2S. The summed E-state index contributed by atoms with van der Waals surface area (Å²) in [5.74, 6) is 1.39. The van der Waals surface area contributed by atoms with Crippen molar-refractivity contribution in [2.75, 3.05) is 14.2 Å². The summed E-state index contributed by atoms with van der Waals surface area (Å²) < 4.78 is 11.7. The fourth-order valence-corrected chi connectivity index (χ4v) is 3.18. The molecule has 4 nitrogen and oxygen atoms in total. The van der Waals surface area contributed by atoms with Crippen molar-refractivity contribution >= 4 is 27.3 Å². The number of thiophene rings is 1. The average molecular weight is 343 g/mol. The molecule has 0 bridgehead atoms. The molecule has 0 aliphatic carbocycles. The van der Waals surface area contributed by atoms with Crippen LogP contribution in [0.4, 0.5) is 0 Å². The van der Waals surface area contributed by atoms with Gasteiger partial charge in [0, 0.05) is 30.2 Å². The van der Waals surface area contributed by atoms with Gasteiger partial charge in [-0.15, -0.1) is 11.3 Å². The Bertz CT molecular complexity index is 545. The molecule has 6 heteroatoms. The first-order chi connectivity index (χ1) is 9.24. The van der Waals surface area contributed by atoms with Crippen LogP contribution in [0.25, 0.3) is 0 Å². The van der Waals surface area contributed by atoms with E-state index in [0.29, 0.717) is 18.0 Å². The molecular weight excluding hydrogens is 328 g/mol. The Morgan fingerprint density at radius 2 is 2.05 bits per heavy atom. The van der Waals surface area contributed by atoms with Crippen LogP contribution in [0.5, 0.6) is 11.5 Å². The molecule has 0 amide bonds. The predicted molar refractivity (Wildman–Crippen MR) is 79.9 cm³/mol. The number of ether oxygens (including phenoxy) is 2. The summed E-state index contributed by atoms with van der Waals surface area (Å²) in [6, 6.07) is 5.93. The van der Waals surface area contributed by atoms with Crippen LogP contribution in [0.15, 0.2) is 28.2 Å². The normalized spacial score (nSPS) is 10.5. The number of rotatable bonds is 6. The van der Waals surface area contributed by atoms with E-state index >= 15 is 0 Å². The van der Waals surface area contributed by atoms with Crippen LogP contribution in [-0.2, 0) is 13.1 Å². The van der Waals surface area contributed by atoms with Crippen molar-refractivity contribution in [2.24, 2.45) is 0 Å². The molecule has 2 rings (SSSR count). The lowest BCUT2D eigenvalue weighted by Crippen LogP contribution is -2.14. The van der Waals surface area contributed by atoms with E-state index < -0.39 is 0 Å². The van der Waals surface area contributed by atoms with E-state index in [2.05, 4.69) is 32.3 Å². The van der Waals surface area contributed by atoms with Gasteiger partial charge in [-0.2, -0.15) is 0 Å². The lowest BCUT2D eigenvalue weighted by molar-refractivity contribution is 0.348. The van der Waals surface area contributed by atoms with Crippen molar-refractivity contribution < 1.29 is 9.47 Å². The van der Waals surface area contributed by atoms with Crippen LogP contribution in [0.3, 0.4) is 0 Å². The van der Waals surface area contributed by atoms with Crippen LogP contribution in [0.1, 0.15) is 10.6 Å². The fourth-order valence-electron chi connectivity index (χ4n) is 1.73. The SMILES string of the molecule is COc1ccnc(CNCc2ccc(Br)s2)c1OC. The molecule has 2 aromatic rings. The minimum absolute atomic E-state index is 0.635. The number of hydrogen-bond donors (Lipinski definition) is 1. The maximum atomic E-state index is 5.34. The van der Waals surface area contributed by atoms with Gasteiger partial charge in [0.2, 0.25) is 0 Å². The standard InChI is InChI=1S/C13H15BrN2O2S/c1-17-11-5-6-16-10(13(11)18-2)8-15-7-9-3-4-12(14)19-9/h3-6,15H,7-8H2,1-2H3. The zero-order valence-corrected chi connectivity index (χ0v) is 13.2. The minimum atomic E-state index is 0.635. The molecule has 0 radical (unpaired) electrons. The van der Waals surface area contributed by atoms with Crippen molar-refractivity contribution in [3.63, 3.8) is 0 Å². The second-order valence-electron chi connectivity index (χ2n) is 3.80. The van der Waals surface area contributed by atoms with E-state index in [4.69, 9.17) is 9.47 Å². The number of aromatic nitrogens is 1. The molecule has 102 valence electrons. The number of pyridine rings is 1. The molecule has 0 saturated carbocycles. The zero-order valence-electron chi connectivity index (χ0n) is 10.8. The van der Waals surface area contributed by atoms with Gasteiger partial charge < -0.3 is 14.8 Å². The third kappa shape index (κ3) is 3.68. The maximum absolute atomic E-state index is 5.34. The quantitative estimate of drug-likeness (QED) is 0.875. The molecule has 1 N–H and O–H groups in total. The van der Waals surface area contributed by atoms with Crippen LogP contribution < -0.4 is 14.8 Å². The van der Waals surface area contributed by atoms with E-state index in [0.717, 1.165) is 16.0 Å². The average Bonchev–Trinajstić information content (AvgIpc) is 2.84. The van der Waals surface area contributed by atoms with Gasteiger partial charge in [0.05, 0.1) is 23.7 Å². The largest absolute Gasteiger partial charge is 0.493 e. The highest BCUT2D eigenvalue weighted by molar-refractivity contribution is 9.11. The van der Waals surface area contributed by atoms with Crippen molar-refractivity contribution in [1.29, 1.82) is 0 Å². The smallest absolute Gasteiger partial charge is 0.183 e. The first kappa shape index (κ1) is 14.3. The van der Waals surface area contributed by atoms with Gasteiger partial charge in [-0.05, 0) is 28.1 Å². The number of hydrogen-bond acceptors (Lipinski definition) is 5. The van der Waals surface area contributed by atoms with E-state index in [1.807, 2.05) is 6.07 Å². The van der Waals surface area contributed by atoms with Gasteiger partial charge in [0.15, 0.2) is 11.5 Å². The molecule has 0 fully saturated rings. The van der Waals surface area contributed by atoms with E-state index in [-0.39, 0.29) is 0 Å². The number of nitrogens with zero attached hydrogens (tertiary/aromatic N) is 1. The van der Waals surface area contributed by atoms with Crippen LogP contribution >= 0.6 is 27.3 Å². The molecule has 0 saturated heterocycles. The van der Waals surface area contributed by atoms with Gasteiger partial charge in [-0.25, -0.2) is 0 Å². The van der Waals surface area contributed by atoms with Gasteiger partial charge in [0.1, 0.15) is 0 Å². The Balaban J connectivity index is 1.99. The Morgan fingerprint density at radius 1 is 1.21 bits per heavy atom. The molecule has 0 aliphatic heterocycles. The monoisotopic (exact) mass is 342 g/mol. The summed E-state index contributed by atoms with van der Waals surface area (Å²) in [6.07, 6.45) is 1.72. The van der Waals surface area contributed by atoms with Crippen LogP contribution in [0.2, 0.25) is 0 Å². The van der Waals surface area contributed by atoms with Crippen molar-refractivity contribution in [1.82, 2.24) is 10.3 Å². The fraction of sp³-hybridized carbons (Fsp3) is 0.308. The topological polar surface area (TPSA) is 43.4 Å². The second kappa shape index (κ2) is 6.88. The summed E-state index contributed by atoms with van der Waals surface area (Å²) in [5, 5.41) is 3.35. The summed E-state index contributed by atoms with van der Waals surface area (Å²) in [4.78, 5) is 5.59. The first-order valence-corrected chi connectivity index (χ1v) is 7.36. The Hall–Kier alpha value is -1.11. The summed E-state index contributed by atoms with van der Waals surface area (Å²) in [5.41, 5.74) is 0.845. The van der Waals surface area contributed by atoms with E-state index in [1.54, 1.807) is 37.8 Å². The highest BCUT2D eigenvalue weighted by Crippen LogP contribution is 2.29. The first-order valence-electron chi connectivity index (χ1n) is 5.75. The Morgan fingerprint density at radius 3 is 2.68 bits per heavy atom. The summed E-state index contributed by atoms with van der Waals surface area (Å²) in [6.45, 7) is 1.44. The number of halogens is 1. The highest BCUT2D eigenvalue weighted by Gasteiger charge is 2.10. The molecule has 2 heterocycles. The van der Waals surface area contributed by atoms with Crippen molar-refractivity contribution in [3.8, 4) is 11.5 Å². The van der Waals surface area contributed by atoms with Gasteiger partial charge >= 0.3 is 0 Å². The number of nitrogens with one attached hydrogen (secondary N) is 1. The molecule has 0 unspecified atom stereocenters. The second-order valence-corrected chi connectivity index (χ2v) is 6.35. The molecule has 0 aliphatic rings. The predicted octanol–water partition coefficient (Wildman–Crippen LogP) is 3.21. The van der Waals surface area contributed by atoms with E-state index in [9.17, 15) is 0 Å². The zero-order chi connectivity index (χ0) is 13.7. The minimum Gasteiger partial charge on any atom is -0.493 e. The molecule has 0 spiro atoms. The van der Waals surface area contributed by atoms with Crippen molar-refractivity contribution in [2.45, 2.75) is 13.1 Å². The number of methoxy groups -OCH3 is 2. The van der Waals surface area contributed by atoms with Gasteiger partial charge in [-0.3, -0.25) is 4.98 Å². The Kier molecular flexibility index (Phi) is 5.18. The van der Waals surface area contributed by atoms with Crippen LogP contribution in [0, 0.1) is 0 Å². The molecule has 19 heavy (non-hydrogen) atoms. The van der Waals surface area contributed by atoms with Crippen LogP contribution in [-0.4, -0.2) is 19.2 Å². The highest BCUT2D eigenvalue weighted by atomic mass is 79.9. The molecule has 0 atom stereocenters. The van der Waals surface area contributed by atoms with Gasteiger partial charge in [0.25, 0.3) is 0 Å². The maximum Gasteiger partial charge on any atom is 0.183 e. The van der Waals surface area contributed by atoms with E-state index in [1.165, 1.54) is 4.88 Å². The third-order valence-corrected chi connectivity index (χ3v) is 4.21. The summed E-state index contributed by atoms with van der Waals surface area (Å²) in [7, 11) is 3.25. The van der Waals surface area contributed by atoms with Gasteiger partial charge in [-0.1, -0.05) is 0 Å². The van der Waals surface area contributed by atoms with Crippen molar-refractivity contribution in [3.05, 3.63) is 38.8 Å². The third-order valence-electron chi connectivity index (χ3n) is 2.59. The Labute approximate surface area is 124 Å². The lowest BCUT2D eigenvalue weighted by atomic mass is 10.3. The molecule has 0 aromatic carbocycles. The molecule has 2 aromatic heterocycles. The lowest BCUT2D eigenvalue weighted by Gasteiger charge is -2.11.